The first kappa shape index (κ1) is 18.0. The van der Waals surface area contributed by atoms with Gasteiger partial charge in [-0.1, -0.05) is 35.5 Å². The third-order valence-electron chi connectivity index (χ3n) is 4.69. The summed E-state index contributed by atoms with van der Waals surface area (Å²) in [6.07, 6.45) is 2.07. The molecule has 0 atom stereocenters. The molecule has 0 unspecified atom stereocenters. The summed E-state index contributed by atoms with van der Waals surface area (Å²) in [5, 5.41) is 18.7. The highest BCUT2D eigenvalue weighted by Gasteiger charge is 2.23. The minimum atomic E-state index is -0.211. The molecular weight excluding hydrogens is 382 g/mol. The van der Waals surface area contributed by atoms with Crippen molar-refractivity contribution in [3.63, 3.8) is 0 Å². The summed E-state index contributed by atoms with van der Waals surface area (Å²) in [6.45, 7) is 1.84. The first-order valence-corrected chi connectivity index (χ1v) is 9.67. The molecule has 4 aromatic rings. The zero-order valence-corrected chi connectivity index (χ0v) is 16.2. The Morgan fingerprint density at radius 3 is 2.73 bits per heavy atom. The van der Waals surface area contributed by atoms with E-state index in [9.17, 15) is 4.79 Å². The van der Waals surface area contributed by atoms with Gasteiger partial charge in [-0.05, 0) is 44.0 Å². The number of anilines is 1. The van der Waals surface area contributed by atoms with Crippen molar-refractivity contribution in [1.29, 1.82) is 0 Å². The van der Waals surface area contributed by atoms with E-state index in [0.29, 0.717) is 28.9 Å². The third kappa shape index (κ3) is 3.77. The Bertz CT molecular complexity index is 1200. The first-order valence-electron chi connectivity index (χ1n) is 9.67. The fourth-order valence-corrected chi connectivity index (χ4v) is 3.01. The van der Waals surface area contributed by atoms with Gasteiger partial charge in [0.25, 0.3) is 5.89 Å². The number of carbonyl (C=O) groups is 1. The molecule has 5 rings (SSSR count). The monoisotopic (exact) mass is 401 g/mol. The van der Waals surface area contributed by atoms with E-state index in [1.54, 1.807) is 6.07 Å². The van der Waals surface area contributed by atoms with Gasteiger partial charge in [0.15, 0.2) is 5.69 Å². The maximum absolute atomic E-state index is 12.0. The molecule has 2 aromatic carbocycles. The summed E-state index contributed by atoms with van der Waals surface area (Å²) in [7, 11) is 0. The van der Waals surface area contributed by atoms with Gasteiger partial charge in [0.2, 0.25) is 5.82 Å². The van der Waals surface area contributed by atoms with E-state index >= 15 is 0 Å². The number of hydrogen-bond acceptors (Lipinski definition) is 6. The number of para-hydroxylation sites is 1. The summed E-state index contributed by atoms with van der Waals surface area (Å²) in [4.78, 5) is 18.0. The third-order valence-corrected chi connectivity index (χ3v) is 4.69. The fraction of sp³-hybridized carbons (Fsp3) is 0.190. The Hall–Kier alpha value is -4.01. The van der Waals surface area contributed by atoms with E-state index in [-0.39, 0.29) is 11.9 Å². The van der Waals surface area contributed by atoms with E-state index in [1.165, 1.54) is 4.80 Å². The van der Waals surface area contributed by atoms with Gasteiger partial charge in [0.05, 0.1) is 11.4 Å². The molecule has 2 N–H and O–H groups in total. The van der Waals surface area contributed by atoms with Crippen molar-refractivity contribution >= 4 is 11.7 Å². The van der Waals surface area contributed by atoms with Crippen molar-refractivity contribution in [3.8, 4) is 28.7 Å². The smallest absolute Gasteiger partial charge is 0.319 e. The zero-order valence-electron chi connectivity index (χ0n) is 16.2. The molecule has 0 spiro atoms. The Labute approximate surface area is 172 Å². The number of benzene rings is 2. The van der Waals surface area contributed by atoms with Crippen molar-refractivity contribution in [2.75, 3.05) is 5.32 Å². The molecule has 0 bridgehead atoms. The van der Waals surface area contributed by atoms with Crippen LogP contribution in [0.4, 0.5) is 10.5 Å². The lowest BCUT2D eigenvalue weighted by atomic mass is 10.2. The lowest BCUT2D eigenvalue weighted by Gasteiger charge is -2.07. The topological polar surface area (TPSA) is 111 Å². The zero-order chi connectivity index (χ0) is 20.5. The lowest BCUT2D eigenvalue weighted by molar-refractivity contribution is 0.251. The van der Waals surface area contributed by atoms with Gasteiger partial charge in [0.1, 0.15) is 0 Å². The molecule has 2 heterocycles. The minimum absolute atomic E-state index is 0.211. The summed E-state index contributed by atoms with van der Waals surface area (Å²) in [5.74, 6) is 0.694. The predicted molar refractivity (Wildman–Crippen MR) is 110 cm³/mol. The second-order valence-electron chi connectivity index (χ2n) is 7.14. The molecule has 0 aliphatic heterocycles. The van der Waals surface area contributed by atoms with Crippen LogP contribution in [0.25, 0.3) is 28.7 Å². The van der Waals surface area contributed by atoms with Gasteiger partial charge in [0, 0.05) is 17.3 Å². The molecule has 1 aliphatic rings. The molecule has 2 amide bonds. The number of amides is 2. The van der Waals surface area contributed by atoms with Gasteiger partial charge in [-0.2, -0.15) is 14.9 Å². The molecular formula is C21H19N7O2. The number of rotatable bonds is 5. The van der Waals surface area contributed by atoms with Gasteiger partial charge in [-0.3, -0.25) is 0 Å². The van der Waals surface area contributed by atoms with Gasteiger partial charge in [-0.25, -0.2) is 4.79 Å². The van der Waals surface area contributed by atoms with Crippen molar-refractivity contribution in [3.05, 3.63) is 60.3 Å². The highest BCUT2D eigenvalue weighted by molar-refractivity contribution is 5.90. The Kier molecular flexibility index (Phi) is 4.47. The van der Waals surface area contributed by atoms with Crippen LogP contribution in [0.5, 0.6) is 0 Å². The Morgan fingerprint density at radius 1 is 1.10 bits per heavy atom. The van der Waals surface area contributed by atoms with Gasteiger partial charge < -0.3 is 15.2 Å². The number of nitrogens with zero attached hydrogens (tertiary/aromatic N) is 5. The SMILES string of the molecule is Cc1nn(-c2ccccc2)nc1-c1nc(-c2cccc(NC(=O)NC3CC3)c2)no1. The summed E-state index contributed by atoms with van der Waals surface area (Å²) in [6, 6.07) is 17.0. The van der Waals surface area contributed by atoms with Crippen LogP contribution in [-0.4, -0.2) is 37.2 Å². The van der Waals surface area contributed by atoms with Crippen LogP contribution in [-0.2, 0) is 0 Å². The fourth-order valence-electron chi connectivity index (χ4n) is 3.01. The number of aryl methyl sites for hydroxylation is 1. The molecule has 30 heavy (non-hydrogen) atoms. The van der Waals surface area contributed by atoms with E-state index in [4.69, 9.17) is 4.52 Å². The van der Waals surface area contributed by atoms with Crippen LogP contribution < -0.4 is 10.6 Å². The maximum Gasteiger partial charge on any atom is 0.319 e. The largest absolute Gasteiger partial charge is 0.335 e. The molecule has 9 nitrogen and oxygen atoms in total. The predicted octanol–water partition coefficient (Wildman–Crippen LogP) is 3.58. The first-order chi connectivity index (χ1) is 14.7. The Morgan fingerprint density at radius 2 is 1.93 bits per heavy atom. The summed E-state index contributed by atoms with van der Waals surface area (Å²) >= 11 is 0. The van der Waals surface area contributed by atoms with E-state index in [2.05, 4.69) is 31.0 Å². The molecule has 1 saturated carbocycles. The van der Waals surface area contributed by atoms with Crippen molar-refractivity contribution < 1.29 is 9.32 Å². The van der Waals surface area contributed by atoms with Crippen LogP contribution in [0.15, 0.2) is 59.1 Å². The molecule has 150 valence electrons. The number of hydrogen-bond donors (Lipinski definition) is 2. The molecule has 1 fully saturated rings. The molecule has 2 aromatic heterocycles. The highest BCUT2D eigenvalue weighted by atomic mass is 16.5. The standard InChI is InChI=1S/C21H19N7O2/c1-13-18(26-28(25-13)17-8-3-2-4-9-17)20-24-19(27-30-20)14-6-5-7-16(12-14)23-21(29)22-15-10-11-15/h2-9,12,15H,10-11H2,1H3,(H2,22,23,29). The highest BCUT2D eigenvalue weighted by Crippen LogP contribution is 2.25. The molecule has 1 aliphatic carbocycles. The number of nitrogens with one attached hydrogen (secondary N) is 2. The number of aromatic nitrogens is 5. The summed E-state index contributed by atoms with van der Waals surface area (Å²) < 4.78 is 5.44. The minimum Gasteiger partial charge on any atom is -0.335 e. The normalized spacial score (nSPS) is 13.2. The number of carbonyl (C=O) groups excluding carboxylic acids is 1. The average molecular weight is 401 g/mol. The second-order valence-corrected chi connectivity index (χ2v) is 7.14. The molecule has 0 radical (unpaired) electrons. The summed E-state index contributed by atoms with van der Waals surface area (Å²) in [5.41, 5.74) is 3.43. The van der Waals surface area contributed by atoms with Crippen molar-refractivity contribution in [2.24, 2.45) is 0 Å². The van der Waals surface area contributed by atoms with Crippen molar-refractivity contribution in [1.82, 2.24) is 30.5 Å². The van der Waals surface area contributed by atoms with E-state index in [1.807, 2.05) is 55.5 Å². The quantitative estimate of drug-likeness (QED) is 0.529. The number of urea groups is 1. The van der Waals surface area contributed by atoms with Gasteiger partial charge in [-0.15, -0.1) is 5.10 Å². The van der Waals surface area contributed by atoms with Crippen LogP contribution in [0.1, 0.15) is 18.5 Å². The van der Waals surface area contributed by atoms with Crippen LogP contribution in [0.2, 0.25) is 0 Å². The van der Waals surface area contributed by atoms with E-state index in [0.717, 1.165) is 24.1 Å². The van der Waals surface area contributed by atoms with Crippen molar-refractivity contribution in [2.45, 2.75) is 25.8 Å². The van der Waals surface area contributed by atoms with E-state index < -0.39 is 0 Å². The van der Waals surface area contributed by atoms with Gasteiger partial charge >= 0.3 is 6.03 Å². The van der Waals surface area contributed by atoms with Crippen LogP contribution in [0.3, 0.4) is 0 Å². The maximum atomic E-state index is 12.0. The molecule has 9 heteroatoms. The average Bonchev–Trinajstić information content (AvgIpc) is 3.28. The van der Waals surface area contributed by atoms with Crippen LogP contribution >= 0.6 is 0 Å². The molecule has 0 saturated heterocycles. The van der Waals surface area contributed by atoms with Crippen LogP contribution in [0, 0.1) is 6.92 Å². The second kappa shape index (κ2) is 7.43. The lowest BCUT2D eigenvalue weighted by Crippen LogP contribution is -2.30. The Balaban J connectivity index is 1.37.